The summed E-state index contributed by atoms with van der Waals surface area (Å²) in [6.07, 6.45) is 0. The van der Waals surface area contributed by atoms with Gasteiger partial charge in [0.1, 0.15) is 11.4 Å². The fourth-order valence-electron chi connectivity index (χ4n) is 7.78. The highest BCUT2D eigenvalue weighted by atomic mass is 16.3. The van der Waals surface area contributed by atoms with E-state index in [1.165, 1.54) is 0 Å². The minimum Gasteiger partial charge on any atom is -0.505 e. The van der Waals surface area contributed by atoms with Crippen molar-refractivity contribution in [2.45, 2.75) is 0 Å². The number of amides is 2. The molecule has 60 heavy (non-hydrogen) atoms. The third-order valence-electron chi connectivity index (χ3n) is 10.7. The van der Waals surface area contributed by atoms with E-state index in [4.69, 9.17) is 10.2 Å². The van der Waals surface area contributed by atoms with Crippen LogP contribution in [0.1, 0.15) is 20.7 Å². The van der Waals surface area contributed by atoms with Crippen molar-refractivity contribution in [1.29, 1.82) is 0 Å². The lowest BCUT2D eigenvalue weighted by Gasteiger charge is -2.14. The maximum atomic E-state index is 13.4. The van der Waals surface area contributed by atoms with E-state index in [0.717, 1.165) is 43.1 Å². The Balaban J connectivity index is 1.05. The molecule has 0 radical (unpaired) electrons. The third-order valence-corrected chi connectivity index (χ3v) is 10.7. The molecular weight excluding hydrogens is 749 g/mol. The van der Waals surface area contributed by atoms with Gasteiger partial charge in [0.2, 0.25) is 0 Å². The molecule has 0 heterocycles. The summed E-state index contributed by atoms with van der Waals surface area (Å²) in [6, 6.07) is 51.9. The number of aromatic hydroxyl groups is 2. The molecule has 0 aliphatic heterocycles. The monoisotopic (exact) mass is 780 g/mol. The Morgan fingerprint density at radius 1 is 0.383 bits per heavy atom. The zero-order valence-corrected chi connectivity index (χ0v) is 31.7. The van der Waals surface area contributed by atoms with E-state index in [0.29, 0.717) is 33.5 Å². The minimum absolute atomic E-state index is 0.0760. The van der Waals surface area contributed by atoms with Crippen molar-refractivity contribution in [2.75, 3.05) is 10.6 Å². The summed E-state index contributed by atoms with van der Waals surface area (Å²) in [5.74, 6) is -1.50. The number of fused-ring (bicyclic) bond motifs is 2. The molecule has 4 N–H and O–H groups in total. The van der Waals surface area contributed by atoms with Crippen molar-refractivity contribution < 1.29 is 19.8 Å². The number of nitrogens with zero attached hydrogens (tertiary/aromatic N) is 4. The number of phenols is 2. The molecule has 10 rings (SSSR count). The molecule has 10 heteroatoms. The van der Waals surface area contributed by atoms with Crippen LogP contribution in [0, 0.1) is 0 Å². The average molecular weight is 781 g/mol. The first-order valence-corrected chi connectivity index (χ1v) is 19.2. The number of hydrogen-bond acceptors (Lipinski definition) is 8. The zero-order chi connectivity index (χ0) is 40.7. The molecule has 286 valence electrons. The van der Waals surface area contributed by atoms with Crippen molar-refractivity contribution in [3.8, 4) is 11.5 Å². The van der Waals surface area contributed by atoms with Crippen LogP contribution in [0.5, 0.6) is 11.5 Å². The molecule has 0 fully saturated rings. The molecule has 0 saturated carbocycles. The molecule has 10 nitrogen and oxygen atoms in total. The quantitative estimate of drug-likeness (QED) is 0.0897. The number of para-hydroxylation sites is 2. The molecule has 0 unspecified atom stereocenters. The van der Waals surface area contributed by atoms with Gasteiger partial charge in [-0.15, -0.1) is 20.5 Å². The number of phenolic OH excluding ortho intramolecular Hbond substituents is 2. The van der Waals surface area contributed by atoms with Gasteiger partial charge >= 0.3 is 0 Å². The number of benzene rings is 10. The minimum atomic E-state index is -0.471. The van der Waals surface area contributed by atoms with Crippen LogP contribution < -0.4 is 10.6 Å². The lowest BCUT2D eigenvalue weighted by molar-refractivity contribution is 0.101. The molecule has 10 aromatic carbocycles. The van der Waals surface area contributed by atoms with Gasteiger partial charge in [-0.2, -0.15) is 0 Å². The molecule has 10 aromatic rings. The first kappa shape index (κ1) is 35.9. The van der Waals surface area contributed by atoms with Gasteiger partial charge in [-0.25, -0.2) is 0 Å². The molecule has 0 aliphatic rings. The van der Waals surface area contributed by atoms with Crippen molar-refractivity contribution in [3.05, 3.63) is 181 Å². The predicted molar refractivity (Wildman–Crippen MR) is 239 cm³/mol. The lowest BCUT2D eigenvalue weighted by atomic mass is 9.93. The summed E-state index contributed by atoms with van der Waals surface area (Å²) in [5.41, 5.74) is 2.83. The summed E-state index contributed by atoms with van der Waals surface area (Å²) < 4.78 is 0. The highest BCUT2D eigenvalue weighted by molar-refractivity contribution is 6.27. The molecule has 0 aromatic heterocycles. The zero-order valence-electron chi connectivity index (χ0n) is 31.7. The highest BCUT2D eigenvalue weighted by Crippen LogP contribution is 2.45. The van der Waals surface area contributed by atoms with E-state index in [2.05, 4.69) is 20.9 Å². The molecule has 2 amide bonds. The standard InChI is InChI=1S/C50H32N6O4/c57-47-39(49(59)51-33-13-3-1-4-14-33)27-31-11-7-9-17-35(31)45(47)55-53-41-25-21-29-20-24-38-42(26-22-30-19-23-37(41)43(29)44(30)38)54-56-46-36-18-10-8-12-32(36)28-40(48(46)58)50(60)52-34-15-5-2-6-16-34/h1-28,57-58H,(H,51,59)(H,52,60). The Bertz CT molecular complexity index is 3160. The van der Waals surface area contributed by atoms with E-state index in [9.17, 15) is 19.8 Å². The van der Waals surface area contributed by atoms with Crippen molar-refractivity contribution in [1.82, 2.24) is 0 Å². The molecule has 0 aliphatic carbocycles. The van der Waals surface area contributed by atoms with Crippen LogP contribution in [0.3, 0.4) is 0 Å². The maximum Gasteiger partial charge on any atom is 0.259 e. The summed E-state index contributed by atoms with van der Waals surface area (Å²) in [6.45, 7) is 0. The van der Waals surface area contributed by atoms with E-state index in [1.807, 2.05) is 133 Å². The van der Waals surface area contributed by atoms with E-state index in [1.54, 1.807) is 36.4 Å². The van der Waals surface area contributed by atoms with Gasteiger partial charge in [-0.05, 0) is 80.8 Å². The third kappa shape index (κ3) is 6.34. The second-order valence-corrected chi connectivity index (χ2v) is 14.3. The molecule has 0 atom stereocenters. The SMILES string of the molecule is O=C(Nc1ccccc1)c1cc2ccccc2c(N=Nc2ccc3ccc4c(N=Nc5c(O)c(C(=O)Nc6ccccc6)cc6ccccc56)ccc5ccc2c3c54)c1O. The number of azo groups is 2. The van der Waals surface area contributed by atoms with Crippen LogP contribution in [0.4, 0.5) is 34.1 Å². The summed E-state index contributed by atoms with van der Waals surface area (Å²) in [5, 5.41) is 55.6. The smallest absolute Gasteiger partial charge is 0.259 e. The van der Waals surface area contributed by atoms with Gasteiger partial charge in [-0.3, -0.25) is 9.59 Å². The molecule has 0 spiro atoms. The Morgan fingerprint density at radius 3 is 1.20 bits per heavy atom. The van der Waals surface area contributed by atoms with Crippen molar-refractivity contribution >= 4 is 99.8 Å². The maximum absolute atomic E-state index is 13.4. The average Bonchev–Trinajstić information content (AvgIpc) is 3.28. The van der Waals surface area contributed by atoms with Gasteiger partial charge in [0, 0.05) is 32.9 Å². The predicted octanol–water partition coefficient (Wildman–Crippen LogP) is 13.6. The Morgan fingerprint density at radius 2 is 0.767 bits per heavy atom. The fraction of sp³-hybridized carbons (Fsp3) is 0. The largest absolute Gasteiger partial charge is 0.505 e. The molecule has 0 bridgehead atoms. The Labute approximate surface area is 342 Å². The number of anilines is 2. The normalized spacial score (nSPS) is 11.8. The number of nitrogens with one attached hydrogen (secondary N) is 2. The van der Waals surface area contributed by atoms with E-state index >= 15 is 0 Å². The van der Waals surface area contributed by atoms with Crippen LogP contribution in [0.2, 0.25) is 0 Å². The summed E-state index contributed by atoms with van der Waals surface area (Å²) in [4.78, 5) is 26.8. The Kier molecular flexibility index (Phi) is 8.84. The molecular formula is C50H32N6O4. The summed E-state index contributed by atoms with van der Waals surface area (Å²) in [7, 11) is 0. The number of rotatable bonds is 8. The van der Waals surface area contributed by atoms with Gasteiger partial charge in [0.05, 0.1) is 22.5 Å². The first-order valence-electron chi connectivity index (χ1n) is 19.2. The van der Waals surface area contributed by atoms with Crippen molar-refractivity contribution in [2.24, 2.45) is 20.5 Å². The summed E-state index contributed by atoms with van der Waals surface area (Å²) >= 11 is 0. The van der Waals surface area contributed by atoms with Crippen LogP contribution >= 0.6 is 0 Å². The second-order valence-electron chi connectivity index (χ2n) is 14.3. The number of carbonyl (C=O) groups excluding carboxylic acids is 2. The highest BCUT2D eigenvalue weighted by Gasteiger charge is 2.21. The fourth-order valence-corrected chi connectivity index (χ4v) is 7.78. The van der Waals surface area contributed by atoms with Gasteiger partial charge < -0.3 is 20.8 Å². The molecule has 0 saturated heterocycles. The number of carbonyl (C=O) groups is 2. The number of hydrogen-bond donors (Lipinski definition) is 4. The van der Waals surface area contributed by atoms with Crippen LogP contribution in [-0.2, 0) is 0 Å². The van der Waals surface area contributed by atoms with Crippen LogP contribution in [0.25, 0.3) is 53.9 Å². The van der Waals surface area contributed by atoms with E-state index < -0.39 is 11.8 Å². The van der Waals surface area contributed by atoms with E-state index in [-0.39, 0.29) is 34.0 Å². The van der Waals surface area contributed by atoms with Gasteiger partial charge in [0.15, 0.2) is 11.5 Å². The lowest BCUT2D eigenvalue weighted by Crippen LogP contribution is -2.12. The second kappa shape index (κ2) is 14.8. The van der Waals surface area contributed by atoms with Gasteiger partial charge in [-0.1, -0.05) is 121 Å². The van der Waals surface area contributed by atoms with Crippen molar-refractivity contribution in [3.63, 3.8) is 0 Å². The van der Waals surface area contributed by atoms with Crippen LogP contribution in [-0.4, -0.2) is 22.0 Å². The Hall–Kier alpha value is -8.50. The van der Waals surface area contributed by atoms with Crippen LogP contribution in [0.15, 0.2) is 190 Å². The van der Waals surface area contributed by atoms with Gasteiger partial charge in [0.25, 0.3) is 11.8 Å². The topological polar surface area (TPSA) is 148 Å². The first-order chi connectivity index (χ1) is 29.4.